The maximum absolute atomic E-state index is 12.5. The van der Waals surface area contributed by atoms with Crippen LogP contribution in [0.15, 0.2) is 42.7 Å². The molecule has 146 valence electrons. The molecule has 2 amide bonds. The fraction of sp³-hybridized carbons (Fsp3) is 0.421. The minimum absolute atomic E-state index is 0. The van der Waals surface area contributed by atoms with E-state index in [1.807, 2.05) is 6.07 Å². The van der Waals surface area contributed by atoms with Crippen molar-refractivity contribution in [1.29, 1.82) is 0 Å². The predicted molar refractivity (Wildman–Crippen MR) is 108 cm³/mol. The number of anilines is 2. The van der Waals surface area contributed by atoms with Crippen LogP contribution >= 0.6 is 12.4 Å². The number of amides is 2. The standard InChI is InChI=1S/C19H25N5O2.ClH/c1-13(24-10-4-9-21-24)18(25)22-15-6-3-7-16(11-15)23-19(26)17-8-2-5-14(17)12-20;/h3-4,6-7,9-11,13-14,17H,2,5,8,12,20H2,1H3,(H,22,25)(H,23,26);1H/t13?,14-,17-;/m1./s1. The van der Waals surface area contributed by atoms with Gasteiger partial charge in [0.05, 0.1) is 0 Å². The van der Waals surface area contributed by atoms with Crippen molar-refractivity contribution in [2.24, 2.45) is 17.6 Å². The summed E-state index contributed by atoms with van der Waals surface area (Å²) in [6, 6.07) is 8.53. The van der Waals surface area contributed by atoms with Gasteiger partial charge in [0.25, 0.3) is 0 Å². The molecule has 0 saturated heterocycles. The maximum Gasteiger partial charge on any atom is 0.248 e. The monoisotopic (exact) mass is 391 g/mol. The van der Waals surface area contributed by atoms with Crippen LogP contribution in [-0.2, 0) is 9.59 Å². The van der Waals surface area contributed by atoms with Gasteiger partial charge in [0.15, 0.2) is 0 Å². The summed E-state index contributed by atoms with van der Waals surface area (Å²) in [7, 11) is 0. The van der Waals surface area contributed by atoms with Crippen molar-refractivity contribution in [2.75, 3.05) is 17.2 Å². The second-order valence-corrected chi connectivity index (χ2v) is 6.75. The number of nitrogens with one attached hydrogen (secondary N) is 2. The highest BCUT2D eigenvalue weighted by Gasteiger charge is 2.31. The largest absolute Gasteiger partial charge is 0.330 e. The zero-order valence-electron chi connectivity index (χ0n) is 15.3. The zero-order chi connectivity index (χ0) is 18.5. The van der Waals surface area contributed by atoms with E-state index in [4.69, 9.17) is 5.73 Å². The summed E-state index contributed by atoms with van der Waals surface area (Å²) >= 11 is 0. The minimum Gasteiger partial charge on any atom is -0.330 e. The van der Waals surface area contributed by atoms with Gasteiger partial charge in [-0.05, 0) is 56.5 Å². The normalized spacial score (nSPS) is 19.8. The van der Waals surface area contributed by atoms with Crippen LogP contribution in [0.5, 0.6) is 0 Å². The van der Waals surface area contributed by atoms with Crippen LogP contribution in [0.1, 0.15) is 32.2 Å². The number of hydrogen-bond donors (Lipinski definition) is 3. The molecule has 1 aromatic heterocycles. The van der Waals surface area contributed by atoms with Crippen molar-refractivity contribution < 1.29 is 9.59 Å². The van der Waals surface area contributed by atoms with Gasteiger partial charge in [0.1, 0.15) is 6.04 Å². The Kier molecular flexibility index (Phi) is 7.38. The molecule has 7 nitrogen and oxygen atoms in total. The van der Waals surface area contributed by atoms with Gasteiger partial charge in [0.2, 0.25) is 11.8 Å². The number of hydrogen-bond acceptors (Lipinski definition) is 4. The molecule has 0 aliphatic heterocycles. The molecule has 4 N–H and O–H groups in total. The van der Waals surface area contributed by atoms with Crippen LogP contribution in [0.3, 0.4) is 0 Å². The average Bonchev–Trinajstić information content (AvgIpc) is 3.32. The molecule has 8 heteroatoms. The van der Waals surface area contributed by atoms with E-state index in [2.05, 4.69) is 15.7 Å². The van der Waals surface area contributed by atoms with Crippen molar-refractivity contribution in [1.82, 2.24) is 9.78 Å². The smallest absolute Gasteiger partial charge is 0.248 e. The van der Waals surface area contributed by atoms with Crippen molar-refractivity contribution >= 4 is 35.6 Å². The first-order valence-corrected chi connectivity index (χ1v) is 8.99. The molecule has 27 heavy (non-hydrogen) atoms. The molecular formula is C19H26ClN5O2. The van der Waals surface area contributed by atoms with Crippen LogP contribution in [0.25, 0.3) is 0 Å². The van der Waals surface area contributed by atoms with Gasteiger partial charge in [-0.2, -0.15) is 5.10 Å². The first-order valence-electron chi connectivity index (χ1n) is 8.99. The average molecular weight is 392 g/mol. The van der Waals surface area contributed by atoms with E-state index < -0.39 is 6.04 Å². The van der Waals surface area contributed by atoms with Crippen LogP contribution in [-0.4, -0.2) is 28.1 Å². The molecule has 1 saturated carbocycles. The van der Waals surface area contributed by atoms with E-state index in [0.29, 0.717) is 17.9 Å². The van der Waals surface area contributed by atoms with Crippen molar-refractivity contribution in [3.05, 3.63) is 42.7 Å². The Morgan fingerprint density at radius 1 is 1.26 bits per heavy atom. The summed E-state index contributed by atoms with van der Waals surface area (Å²) in [5.74, 6) is 0.0633. The highest BCUT2D eigenvalue weighted by molar-refractivity contribution is 5.96. The first-order chi connectivity index (χ1) is 12.6. The molecule has 0 radical (unpaired) electrons. The zero-order valence-corrected chi connectivity index (χ0v) is 16.1. The molecule has 1 aromatic carbocycles. The Labute approximate surface area is 165 Å². The molecule has 1 fully saturated rings. The molecule has 3 rings (SSSR count). The second kappa shape index (κ2) is 9.53. The van der Waals surface area contributed by atoms with Crippen LogP contribution < -0.4 is 16.4 Å². The lowest BCUT2D eigenvalue weighted by atomic mass is 9.95. The van der Waals surface area contributed by atoms with Gasteiger partial charge in [0, 0.05) is 29.7 Å². The summed E-state index contributed by atoms with van der Waals surface area (Å²) in [5, 5.41) is 9.90. The Balaban J connectivity index is 0.00000261. The Hall–Kier alpha value is -2.38. The summed E-state index contributed by atoms with van der Waals surface area (Å²) < 4.78 is 1.59. The van der Waals surface area contributed by atoms with Crippen molar-refractivity contribution in [2.45, 2.75) is 32.2 Å². The molecule has 0 spiro atoms. The number of carbonyl (C=O) groups excluding carboxylic acids is 2. The van der Waals surface area contributed by atoms with Crippen LogP contribution in [0.2, 0.25) is 0 Å². The molecule has 1 unspecified atom stereocenters. The SMILES string of the molecule is CC(C(=O)Nc1cccc(NC(=O)[C@@H]2CCC[C@@H]2CN)c1)n1cccn1.Cl. The third-order valence-corrected chi connectivity index (χ3v) is 5.00. The van der Waals surface area contributed by atoms with E-state index in [1.165, 1.54) is 0 Å². The molecule has 0 bridgehead atoms. The van der Waals surface area contributed by atoms with E-state index in [9.17, 15) is 9.59 Å². The minimum atomic E-state index is -0.424. The van der Waals surface area contributed by atoms with E-state index in [-0.39, 0.29) is 36.1 Å². The van der Waals surface area contributed by atoms with E-state index in [1.54, 1.807) is 48.3 Å². The Bertz CT molecular complexity index is 765. The van der Waals surface area contributed by atoms with E-state index >= 15 is 0 Å². The third-order valence-electron chi connectivity index (χ3n) is 5.00. The van der Waals surface area contributed by atoms with Crippen molar-refractivity contribution in [3.8, 4) is 0 Å². The number of benzene rings is 1. The lowest BCUT2D eigenvalue weighted by Gasteiger charge is -2.18. The summed E-state index contributed by atoms with van der Waals surface area (Å²) in [5.41, 5.74) is 7.07. The van der Waals surface area contributed by atoms with Crippen LogP contribution in [0, 0.1) is 11.8 Å². The number of nitrogens with two attached hydrogens (primary N) is 1. The topological polar surface area (TPSA) is 102 Å². The molecular weight excluding hydrogens is 366 g/mol. The van der Waals surface area contributed by atoms with Gasteiger partial charge in [-0.15, -0.1) is 12.4 Å². The van der Waals surface area contributed by atoms with Gasteiger partial charge in [-0.1, -0.05) is 12.5 Å². The van der Waals surface area contributed by atoms with E-state index in [0.717, 1.165) is 19.3 Å². The van der Waals surface area contributed by atoms with Crippen molar-refractivity contribution in [3.63, 3.8) is 0 Å². The first kappa shape index (κ1) is 20.9. The molecule has 1 aliphatic rings. The third kappa shape index (κ3) is 5.08. The molecule has 1 aliphatic carbocycles. The Morgan fingerprint density at radius 3 is 2.67 bits per heavy atom. The number of aromatic nitrogens is 2. The number of nitrogens with zero attached hydrogens (tertiary/aromatic N) is 2. The summed E-state index contributed by atoms with van der Waals surface area (Å²) in [6.07, 6.45) is 6.32. The maximum atomic E-state index is 12.5. The Morgan fingerprint density at radius 2 is 2.00 bits per heavy atom. The van der Waals surface area contributed by atoms with Gasteiger partial charge < -0.3 is 16.4 Å². The van der Waals surface area contributed by atoms with Gasteiger partial charge in [-0.3, -0.25) is 14.3 Å². The fourth-order valence-electron chi connectivity index (χ4n) is 3.45. The lowest BCUT2D eigenvalue weighted by Crippen LogP contribution is -2.29. The number of carbonyl (C=O) groups is 2. The highest BCUT2D eigenvalue weighted by atomic mass is 35.5. The predicted octanol–water partition coefficient (Wildman–Crippen LogP) is 2.82. The number of halogens is 1. The second-order valence-electron chi connectivity index (χ2n) is 6.75. The fourth-order valence-corrected chi connectivity index (χ4v) is 3.45. The number of rotatable bonds is 6. The molecule has 3 atom stereocenters. The quantitative estimate of drug-likeness (QED) is 0.704. The lowest BCUT2D eigenvalue weighted by molar-refractivity contribution is -0.121. The highest BCUT2D eigenvalue weighted by Crippen LogP contribution is 2.32. The molecule has 1 heterocycles. The molecule has 2 aromatic rings. The van der Waals surface area contributed by atoms with Gasteiger partial charge >= 0.3 is 0 Å². The summed E-state index contributed by atoms with van der Waals surface area (Å²) in [6.45, 7) is 2.32. The van der Waals surface area contributed by atoms with Gasteiger partial charge in [-0.25, -0.2) is 0 Å². The van der Waals surface area contributed by atoms with Crippen LogP contribution in [0.4, 0.5) is 11.4 Å². The summed E-state index contributed by atoms with van der Waals surface area (Å²) in [4.78, 5) is 24.9.